The Hall–Kier alpha value is -0.730. The third-order valence-corrected chi connectivity index (χ3v) is 2.03. The highest BCUT2D eigenvalue weighted by Gasteiger charge is 2.37. The molecule has 0 aliphatic heterocycles. The van der Waals surface area contributed by atoms with E-state index in [1.54, 1.807) is 6.92 Å². The van der Waals surface area contributed by atoms with Gasteiger partial charge in [0.25, 0.3) is 0 Å². The summed E-state index contributed by atoms with van der Waals surface area (Å²) in [5, 5.41) is 0. The summed E-state index contributed by atoms with van der Waals surface area (Å²) in [6.07, 6.45) is -0.992. The molecule has 0 fully saturated rings. The first-order chi connectivity index (χ1) is 5.71. The number of hydrogen-bond acceptors (Lipinski definition) is 0. The van der Waals surface area contributed by atoms with Crippen molar-refractivity contribution in [2.24, 2.45) is 5.41 Å². The molecular formula is C10H13F3. The van der Waals surface area contributed by atoms with Crippen molar-refractivity contribution in [3.8, 4) is 0 Å². The average molecular weight is 190 g/mol. The minimum atomic E-state index is -4.17. The van der Waals surface area contributed by atoms with Gasteiger partial charge in [-0.15, -0.1) is 0 Å². The number of halogens is 3. The van der Waals surface area contributed by atoms with Crippen molar-refractivity contribution >= 4 is 0 Å². The van der Waals surface area contributed by atoms with Gasteiger partial charge in [0.2, 0.25) is 0 Å². The highest BCUT2D eigenvalue weighted by atomic mass is 19.4. The maximum Gasteiger partial charge on any atom is 0.412 e. The summed E-state index contributed by atoms with van der Waals surface area (Å²) >= 11 is 0. The summed E-state index contributed by atoms with van der Waals surface area (Å²) < 4.78 is 37.1. The maximum atomic E-state index is 12.4. The van der Waals surface area contributed by atoms with E-state index in [1.165, 1.54) is 6.08 Å². The molecule has 0 aromatic rings. The lowest BCUT2D eigenvalue weighted by atomic mass is 9.79. The lowest BCUT2D eigenvalue weighted by Gasteiger charge is -2.28. The predicted octanol–water partition coefficient (Wildman–Crippen LogP) is 3.85. The van der Waals surface area contributed by atoms with Crippen molar-refractivity contribution in [3.05, 3.63) is 23.3 Å². The van der Waals surface area contributed by atoms with E-state index in [4.69, 9.17) is 0 Å². The minimum Gasteiger partial charge on any atom is -0.166 e. The van der Waals surface area contributed by atoms with Crippen molar-refractivity contribution in [1.82, 2.24) is 0 Å². The largest absolute Gasteiger partial charge is 0.412 e. The van der Waals surface area contributed by atoms with Crippen molar-refractivity contribution in [3.63, 3.8) is 0 Å². The second-order valence-corrected chi connectivity index (χ2v) is 4.22. The van der Waals surface area contributed by atoms with Crippen molar-refractivity contribution < 1.29 is 13.2 Å². The fourth-order valence-electron chi connectivity index (χ4n) is 1.71. The second kappa shape index (κ2) is 2.89. The summed E-state index contributed by atoms with van der Waals surface area (Å²) in [4.78, 5) is 0. The van der Waals surface area contributed by atoms with Gasteiger partial charge < -0.3 is 0 Å². The molecule has 0 radical (unpaired) electrons. The Morgan fingerprint density at radius 1 is 1.31 bits per heavy atom. The van der Waals surface area contributed by atoms with Crippen molar-refractivity contribution in [2.75, 3.05) is 0 Å². The Kier molecular flexibility index (Phi) is 2.30. The lowest BCUT2D eigenvalue weighted by molar-refractivity contribution is -0.0964. The van der Waals surface area contributed by atoms with Gasteiger partial charge in [-0.2, -0.15) is 13.2 Å². The minimum absolute atomic E-state index is 0.0772. The molecule has 0 atom stereocenters. The molecule has 0 aromatic carbocycles. The first-order valence-electron chi connectivity index (χ1n) is 4.18. The van der Waals surface area contributed by atoms with Gasteiger partial charge in [-0.25, -0.2) is 0 Å². The molecule has 0 N–H and O–H groups in total. The van der Waals surface area contributed by atoms with E-state index in [9.17, 15) is 13.2 Å². The quantitative estimate of drug-likeness (QED) is 0.544. The first-order valence-corrected chi connectivity index (χ1v) is 4.18. The van der Waals surface area contributed by atoms with Crippen LogP contribution in [0.1, 0.15) is 27.2 Å². The van der Waals surface area contributed by atoms with Crippen LogP contribution in [-0.4, -0.2) is 6.18 Å². The maximum absolute atomic E-state index is 12.4. The van der Waals surface area contributed by atoms with Crippen LogP contribution in [-0.2, 0) is 0 Å². The van der Waals surface area contributed by atoms with Gasteiger partial charge in [-0.1, -0.05) is 31.6 Å². The number of rotatable bonds is 0. The van der Waals surface area contributed by atoms with Gasteiger partial charge in [-0.3, -0.25) is 0 Å². The van der Waals surface area contributed by atoms with Gasteiger partial charge in [-0.05, 0) is 18.8 Å². The standard InChI is InChI=1S/C10H13F3/c1-7-4-8(10(11,12)13)6-9(2,3)5-7/h4-5H,6H2,1-3H3. The van der Waals surface area contributed by atoms with Crippen LogP contribution in [0.15, 0.2) is 23.3 Å². The molecular weight excluding hydrogens is 177 g/mol. The topological polar surface area (TPSA) is 0 Å². The van der Waals surface area contributed by atoms with E-state index in [2.05, 4.69) is 0 Å². The van der Waals surface area contributed by atoms with Crippen molar-refractivity contribution in [2.45, 2.75) is 33.4 Å². The smallest absolute Gasteiger partial charge is 0.166 e. The zero-order chi connectivity index (χ0) is 10.3. The molecule has 0 saturated heterocycles. The molecule has 3 heteroatoms. The van der Waals surface area contributed by atoms with Crippen LogP contribution in [0.4, 0.5) is 13.2 Å². The Labute approximate surface area is 76.1 Å². The van der Waals surface area contributed by atoms with E-state index >= 15 is 0 Å². The summed E-state index contributed by atoms with van der Waals surface area (Å²) in [6, 6.07) is 0. The Balaban J connectivity index is 2.99. The monoisotopic (exact) mass is 190 g/mol. The second-order valence-electron chi connectivity index (χ2n) is 4.22. The Bertz CT molecular complexity index is 266. The van der Waals surface area contributed by atoms with Gasteiger partial charge in [0.05, 0.1) is 0 Å². The van der Waals surface area contributed by atoms with E-state index in [-0.39, 0.29) is 11.8 Å². The molecule has 0 saturated carbocycles. The van der Waals surface area contributed by atoms with Gasteiger partial charge in [0, 0.05) is 5.57 Å². The van der Waals surface area contributed by atoms with Crippen LogP contribution in [0.25, 0.3) is 0 Å². The molecule has 74 valence electrons. The summed E-state index contributed by atoms with van der Waals surface area (Å²) in [5.74, 6) is 0. The van der Waals surface area contributed by atoms with E-state index < -0.39 is 11.7 Å². The van der Waals surface area contributed by atoms with Gasteiger partial charge in [0.15, 0.2) is 0 Å². The molecule has 13 heavy (non-hydrogen) atoms. The fourth-order valence-corrected chi connectivity index (χ4v) is 1.71. The number of alkyl halides is 3. The van der Waals surface area contributed by atoms with Crippen LogP contribution in [0, 0.1) is 5.41 Å². The Morgan fingerprint density at radius 2 is 1.85 bits per heavy atom. The number of hydrogen-bond donors (Lipinski definition) is 0. The van der Waals surface area contributed by atoms with E-state index in [1.807, 2.05) is 19.9 Å². The molecule has 1 aliphatic carbocycles. The molecule has 0 bridgehead atoms. The van der Waals surface area contributed by atoms with Gasteiger partial charge in [0.1, 0.15) is 0 Å². The third kappa shape index (κ3) is 2.61. The zero-order valence-corrected chi connectivity index (χ0v) is 8.00. The molecule has 0 heterocycles. The third-order valence-electron chi connectivity index (χ3n) is 2.03. The normalized spacial score (nSPS) is 22.3. The molecule has 1 aliphatic rings. The summed E-state index contributed by atoms with van der Waals surface area (Å²) in [6.45, 7) is 5.33. The van der Waals surface area contributed by atoms with Gasteiger partial charge >= 0.3 is 6.18 Å². The van der Waals surface area contributed by atoms with E-state index in [0.29, 0.717) is 5.57 Å². The van der Waals surface area contributed by atoms with E-state index in [0.717, 1.165) is 0 Å². The predicted molar refractivity (Wildman–Crippen MR) is 46.3 cm³/mol. The van der Waals surface area contributed by atoms with Crippen LogP contribution in [0.5, 0.6) is 0 Å². The van der Waals surface area contributed by atoms with Crippen molar-refractivity contribution in [1.29, 1.82) is 0 Å². The lowest BCUT2D eigenvalue weighted by Crippen LogP contribution is -2.22. The average Bonchev–Trinajstić information content (AvgIpc) is 1.79. The SMILES string of the molecule is CC1=CC(C)(C)CC(C(F)(F)F)=C1. The zero-order valence-electron chi connectivity index (χ0n) is 8.00. The highest BCUT2D eigenvalue weighted by Crippen LogP contribution is 2.40. The van der Waals surface area contributed by atoms with Crippen LogP contribution < -0.4 is 0 Å². The summed E-state index contributed by atoms with van der Waals surface area (Å²) in [7, 11) is 0. The first kappa shape index (κ1) is 10.4. The number of allylic oxidation sites excluding steroid dienone is 4. The fraction of sp³-hybridized carbons (Fsp3) is 0.600. The molecule has 0 aromatic heterocycles. The molecule has 0 amide bonds. The highest BCUT2D eigenvalue weighted by molar-refractivity contribution is 5.32. The summed E-state index contributed by atoms with van der Waals surface area (Å²) in [5.41, 5.74) is -0.0926. The molecule has 0 spiro atoms. The van der Waals surface area contributed by atoms with Crippen LogP contribution >= 0.6 is 0 Å². The molecule has 0 nitrogen and oxygen atoms in total. The molecule has 0 unspecified atom stereocenters. The van der Waals surface area contributed by atoms with Crippen LogP contribution in [0.2, 0.25) is 0 Å². The molecule has 1 rings (SSSR count). The Morgan fingerprint density at radius 3 is 2.23 bits per heavy atom. The van der Waals surface area contributed by atoms with Crippen LogP contribution in [0.3, 0.4) is 0 Å².